The lowest BCUT2D eigenvalue weighted by atomic mass is 10.1. The molecular weight excluding hydrogens is 255 g/mol. The molecule has 0 spiro atoms. The first-order chi connectivity index (χ1) is 6.24. The second-order valence-corrected chi connectivity index (χ2v) is 4.38. The van der Waals surface area contributed by atoms with Crippen molar-refractivity contribution in [1.82, 2.24) is 0 Å². The quantitative estimate of drug-likeness (QED) is 0.835. The Morgan fingerprint density at radius 1 is 1.54 bits per heavy atom. The van der Waals surface area contributed by atoms with Gasteiger partial charge in [-0.15, -0.1) is 11.3 Å². The molecule has 0 aliphatic heterocycles. The highest BCUT2D eigenvalue weighted by Crippen LogP contribution is 2.32. The summed E-state index contributed by atoms with van der Waals surface area (Å²) in [5.74, 6) is -0.320. The fourth-order valence-corrected chi connectivity index (χ4v) is 2.57. The van der Waals surface area contributed by atoms with Crippen molar-refractivity contribution in [3.05, 3.63) is 33.4 Å². The third-order valence-electron chi connectivity index (χ3n) is 1.91. The van der Waals surface area contributed by atoms with Crippen LogP contribution in [0.25, 0.3) is 10.1 Å². The van der Waals surface area contributed by atoms with Gasteiger partial charge in [0.15, 0.2) is 0 Å². The third-order valence-corrected chi connectivity index (χ3v) is 3.63. The molecule has 1 nitrogen and oxygen atoms in total. The molecule has 2 aromatic rings. The molecule has 0 amide bonds. The van der Waals surface area contributed by atoms with Gasteiger partial charge in [0.05, 0.1) is 11.1 Å². The Morgan fingerprint density at radius 2 is 2.31 bits per heavy atom. The van der Waals surface area contributed by atoms with Gasteiger partial charge in [-0.3, -0.25) is 0 Å². The number of hydrogen-bond acceptors (Lipinski definition) is 2. The molecule has 13 heavy (non-hydrogen) atoms. The maximum atomic E-state index is 13.2. The summed E-state index contributed by atoms with van der Waals surface area (Å²) in [6.07, 6.45) is 0. The zero-order valence-electron chi connectivity index (χ0n) is 6.55. The van der Waals surface area contributed by atoms with Gasteiger partial charge < -0.3 is 5.11 Å². The van der Waals surface area contributed by atoms with Gasteiger partial charge in [-0.05, 0) is 38.8 Å². The number of halogens is 2. The van der Waals surface area contributed by atoms with Crippen LogP contribution in [0.5, 0.6) is 0 Å². The second-order valence-electron chi connectivity index (χ2n) is 2.64. The zero-order chi connectivity index (χ0) is 9.42. The van der Waals surface area contributed by atoms with Crippen molar-refractivity contribution in [3.8, 4) is 0 Å². The van der Waals surface area contributed by atoms with E-state index in [2.05, 4.69) is 15.9 Å². The van der Waals surface area contributed by atoms with Gasteiger partial charge in [-0.25, -0.2) is 4.39 Å². The summed E-state index contributed by atoms with van der Waals surface area (Å²) in [7, 11) is 0. The monoisotopic (exact) mass is 260 g/mol. The highest BCUT2D eigenvalue weighted by molar-refractivity contribution is 9.10. The van der Waals surface area contributed by atoms with E-state index in [9.17, 15) is 4.39 Å². The minimum Gasteiger partial charge on any atom is -0.392 e. The van der Waals surface area contributed by atoms with Crippen LogP contribution in [0.1, 0.15) is 5.56 Å². The molecule has 0 atom stereocenters. The smallest absolute Gasteiger partial charge is 0.139 e. The van der Waals surface area contributed by atoms with E-state index in [1.807, 2.05) is 11.4 Å². The fraction of sp³-hybridized carbons (Fsp3) is 0.111. The van der Waals surface area contributed by atoms with Crippen molar-refractivity contribution in [2.75, 3.05) is 0 Å². The number of thiophene rings is 1. The number of aliphatic hydroxyl groups is 1. The van der Waals surface area contributed by atoms with Gasteiger partial charge >= 0.3 is 0 Å². The number of hydrogen-bond donors (Lipinski definition) is 1. The molecule has 0 fully saturated rings. The lowest BCUT2D eigenvalue weighted by molar-refractivity contribution is 0.282. The number of aliphatic hydroxyl groups excluding tert-OH is 1. The summed E-state index contributed by atoms with van der Waals surface area (Å²) in [4.78, 5) is 0. The topological polar surface area (TPSA) is 20.2 Å². The summed E-state index contributed by atoms with van der Waals surface area (Å²) in [5.41, 5.74) is 0.622. The van der Waals surface area contributed by atoms with Gasteiger partial charge in [-0.1, -0.05) is 0 Å². The molecule has 0 saturated heterocycles. The van der Waals surface area contributed by atoms with Crippen LogP contribution in [0.4, 0.5) is 4.39 Å². The lowest BCUT2D eigenvalue weighted by Gasteiger charge is -2.03. The van der Waals surface area contributed by atoms with Crippen molar-refractivity contribution < 1.29 is 9.50 Å². The molecule has 0 aliphatic rings. The third kappa shape index (κ3) is 1.39. The Bertz CT molecular complexity index is 452. The highest BCUT2D eigenvalue weighted by atomic mass is 79.9. The molecule has 68 valence electrons. The SMILES string of the molecule is OCc1c(Br)c(F)cc2sccc12. The van der Waals surface area contributed by atoms with Gasteiger partial charge in [0, 0.05) is 10.3 Å². The van der Waals surface area contributed by atoms with Gasteiger partial charge in [0.1, 0.15) is 5.82 Å². The molecule has 2 rings (SSSR count). The first-order valence-electron chi connectivity index (χ1n) is 3.69. The van der Waals surface area contributed by atoms with E-state index in [4.69, 9.17) is 5.11 Å². The standard InChI is InChI=1S/C9H6BrFOS/c10-9-6(4-12)5-1-2-13-8(5)3-7(9)11/h1-3,12H,4H2. The van der Waals surface area contributed by atoms with Crippen LogP contribution in [-0.4, -0.2) is 5.11 Å². The molecule has 1 aromatic heterocycles. The maximum absolute atomic E-state index is 13.2. The Balaban J connectivity index is 2.87. The summed E-state index contributed by atoms with van der Waals surface area (Å²) in [6, 6.07) is 3.36. The predicted molar refractivity (Wildman–Crippen MR) is 55.4 cm³/mol. The minimum atomic E-state index is -0.320. The van der Waals surface area contributed by atoms with E-state index in [0.717, 1.165) is 10.1 Å². The summed E-state index contributed by atoms with van der Waals surface area (Å²) in [5, 5.41) is 11.9. The molecule has 1 heterocycles. The molecule has 0 aliphatic carbocycles. The second kappa shape index (κ2) is 3.36. The van der Waals surface area contributed by atoms with Gasteiger partial charge in [0.25, 0.3) is 0 Å². The number of rotatable bonds is 1. The van der Waals surface area contributed by atoms with Crippen molar-refractivity contribution in [3.63, 3.8) is 0 Å². The van der Waals surface area contributed by atoms with E-state index >= 15 is 0 Å². The molecule has 0 radical (unpaired) electrons. The zero-order valence-corrected chi connectivity index (χ0v) is 8.95. The summed E-state index contributed by atoms with van der Waals surface area (Å²) < 4.78 is 14.4. The van der Waals surface area contributed by atoms with Gasteiger partial charge in [-0.2, -0.15) is 0 Å². The van der Waals surface area contributed by atoms with Crippen LogP contribution in [0.2, 0.25) is 0 Å². The average Bonchev–Trinajstić information content (AvgIpc) is 2.54. The maximum Gasteiger partial charge on any atom is 0.139 e. The Morgan fingerprint density at radius 3 is 3.00 bits per heavy atom. The Hall–Kier alpha value is -0.450. The van der Waals surface area contributed by atoms with Crippen LogP contribution in [0.3, 0.4) is 0 Å². The van der Waals surface area contributed by atoms with Gasteiger partial charge in [0.2, 0.25) is 0 Å². The first-order valence-corrected chi connectivity index (χ1v) is 5.36. The molecule has 0 unspecified atom stereocenters. The molecular formula is C9H6BrFOS. The molecule has 0 bridgehead atoms. The number of benzene rings is 1. The molecule has 0 saturated carbocycles. The van der Waals surface area contributed by atoms with Crippen LogP contribution in [0.15, 0.2) is 22.0 Å². The largest absolute Gasteiger partial charge is 0.392 e. The first kappa shape index (κ1) is 9.12. The molecule has 4 heteroatoms. The van der Waals surface area contributed by atoms with E-state index in [0.29, 0.717) is 10.0 Å². The predicted octanol–water partition coefficient (Wildman–Crippen LogP) is 3.30. The highest BCUT2D eigenvalue weighted by Gasteiger charge is 2.10. The van der Waals surface area contributed by atoms with Crippen LogP contribution >= 0.6 is 27.3 Å². The van der Waals surface area contributed by atoms with E-state index in [-0.39, 0.29) is 12.4 Å². The van der Waals surface area contributed by atoms with Crippen molar-refractivity contribution >= 4 is 37.4 Å². The van der Waals surface area contributed by atoms with Crippen molar-refractivity contribution in [1.29, 1.82) is 0 Å². The molecule has 1 N–H and O–H groups in total. The van der Waals surface area contributed by atoms with E-state index in [1.165, 1.54) is 17.4 Å². The average molecular weight is 261 g/mol. The summed E-state index contributed by atoms with van der Waals surface area (Å²) in [6.45, 7) is -0.147. The number of fused-ring (bicyclic) bond motifs is 1. The van der Waals surface area contributed by atoms with E-state index in [1.54, 1.807) is 0 Å². The summed E-state index contributed by atoms with van der Waals surface area (Å²) >= 11 is 4.58. The Labute approximate surface area is 86.9 Å². The van der Waals surface area contributed by atoms with Crippen LogP contribution in [-0.2, 0) is 6.61 Å². The lowest BCUT2D eigenvalue weighted by Crippen LogP contribution is -1.89. The molecule has 1 aromatic carbocycles. The van der Waals surface area contributed by atoms with Crippen LogP contribution < -0.4 is 0 Å². The minimum absolute atomic E-state index is 0.147. The normalized spacial score (nSPS) is 11.0. The van der Waals surface area contributed by atoms with E-state index < -0.39 is 0 Å². The van der Waals surface area contributed by atoms with Crippen LogP contribution in [0, 0.1) is 5.82 Å². The van der Waals surface area contributed by atoms with Crippen molar-refractivity contribution in [2.24, 2.45) is 0 Å². The fourth-order valence-electron chi connectivity index (χ4n) is 1.28. The van der Waals surface area contributed by atoms with Crippen molar-refractivity contribution in [2.45, 2.75) is 6.61 Å². The Kier molecular flexibility index (Phi) is 2.36.